The highest BCUT2D eigenvalue weighted by Crippen LogP contribution is 2.56. The van der Waals surface area contributed by atoms with Crippen LogP contribution in [-0.4, -0.2) is 17.8 Å². The molecule has 0 aromatic heterocycles. The van der Waals surface area contributed by atoms with Crippen LogP contribution in [0, 0.1) is 34.3 Å². The van der Waals surface area contributed by atoms with E-state index in [0.717, 1.165) is 37.0 Å². The third-order valence-corrected chi connectivity index (χ3v) is 7.20. The fraction of sp³-hybridized carbons (Fsp3) is 0.370. The Morgan fingerprint density at radius 2 is 1.82 bits per heavy atom. The van der Waals surface area contributed by atoms with Gasteiger partial charge in [-0.15, -0.1) is 0 Å². The van der Waals surface area contributed by atoms with Gasteiger partial charge in [-0.2, -0.15) is 0 Å². The minimum absolute atomic E-state index is 0.110. The molecule has 4 unspecified atom stereocenters. The predicted octanol–water partition coefficient (Wildman–Crippen LogP) is 6.32. The molecule has 4 atom stereocenters. The first-order chi connectivity index (χ1) is 15.8. The molecule has 0 saturated heterocycles. The van der Waals surface area contributed by atoms with Crippen LogP contribution in [0.3, 0.4) is 0 Å². The summed E-state index contributed by atoms with van der Waals surface area (Å²) in [4.78, 5) is 16.6. The molecule has 6 heteroatoms. The van der Waals surface area contributed by atoms with E-state index in [0.29, 0.717) is 11.6 Å². The van der Waals surface area contributed by atoms with Crippen LogP contribution in [0.5, 0.6) is 0 Å². The monoisotopic (exact) mass is 449 g/mol. The minimum Gasteiger partial charge on any atom is -0.350 e. The Morgan fingerprint density at radius 1 is 1.18 bits per heavy atom. The van der Waals surface area contributed by atoms with Crippen molar-refractivity contribution in [1.82, 2.24) is 5.32 Å². The number of rotatable bonds is 6. The molecule has 2 aromatic rings. The van der Waals surface area contributed by atoms with Crippen LogP contribution in [0.1, 0.15) is 51.1 Å². The van der Waals surface area contributed by atoms with Gasteiger partial charge in [0.05, 0.1) is 11.7 Å². The first-order valence-electron chi connectivity index (χ1n) is 11.4. The number of carbonyl (C=O) groups is 1. The SMILES string of the molecule is CC(=O)NC(CC1CCC2=CC(=Nc3ccc(F)cc3)C(C=N)CC21C)c1ccc(F)cc1. The molecule has 1 saturated carbocycles. The fourth-order valence-electron chi connectivity index (χ4n) is 5.38. The number of carbonyl (C=O) groups excluding carboxylic acids is 1. The number of allylic oxidation sites excluding steroid dienone is 2. The second-order valence-corrected chi connectivity index (χ2v) is 9.35. The quantitative estimate of drug-likeness (QED) is 0.498. The van der Waals surface area contributed by atoms with Crippen LogP contribution in [0.4, 0.5) is 14.5 Å². The van der Waals surface area contributed by atoms with Crippen LogP contribution in [0.25, 0.3) is 0 Å². The summed E-state index contributed by atoms with van der Waals surface area (Å²) in [5, 5.41) is 11.1. The van der Waals surface area contributed by atoms with Crippen molar-refractivity contribution in [3.8, 4) is 0 Å². The van der Waals surface area contributed by atoms with Crippen LogP contribution in [0.2, 0.25) is 0 Å². The van der Waals surface area contributed by atoms with Gasteiger partial charge in [0.1, 0.15) is 11.6 Å². The Labute approximate surface area is 193 Å². The van der Waals surface area contributed by atoms with Crippen molar-refractivity contribution < 1.29 is 13.6 Å². The molecule has 1 fully saturated rings. The number of hydrogen-bond donors (Lipinski definition) is 2. The molecule has 0 heterocycles. The molecule has 1 amide bonds. The average molecular weight is 450 g/mol. The highest BCUT2D eigenvalue weighted by molar-refractivity contribution is 6.07. The second kappa shape index (κ2) is 9.38. The summed E-state index contributed by atoms with van der Waals surface area (Å²) >= 11 is 0. The van der Waals surface area contributed by atoms with E-state index in [1.807, 2.05) is 0 Å². The van der Waals surface area contributed by atoms with Gasteiger partial charge in [-0.05, 0) is 85.1 Å². The van der Waals surface area contributed by atoms with Gasteiger partial charge in [-0.3, -0.25) is 9.79 Å². The summed E-state index contributed by atoms with van der Waals surface area (Å²) in [6.45, 7) is 3.75. The zero-order valence-corrected chi connectivity index (χ0v) is 18.9. The van der Waals surface area contributed by atoms with E-state index in [2.05, 4.69) is 18.3 Å². The topological polar surface area (TPSA) is 65.3 Å². The van der Waals surface area contributed by atoms with E-state index < -0.39 is 0 Å². The fourth-order valence-corrected chi connectivity index (χ4v) is 5.38. The lowest BCUT2D eigenvalue weighted by atomic mass is 9.65. The number of nitrogens with zero attached hydrogens (tertiary/aromatic N) is 1. The van der Waals surface area contributed by atoms with Crippen LogP contribution >= 0.6 is 0 Å². The molecule has 2 aliphatic carbocycles. The average Bonchev–Trinajstić information content (AvgIpc) is 3.09. The zero-order chi connectivity index (χ0) is 23.6. The number of aliphatic imine (C=N–C) groups is 1. The highest BCUT2D eigenvalue weighted by Gasteiger charge is 2.47. The number of fused-ring (bicyclic) bond motifs is 1. The number of benzene rings is 2. The molecule has 4 nitrogen and oxygen atoms in total. The molecule has 4 rings (SSSR count). The van der Waals surface area contributed by atoms with E-state index in [1.54, 1.807) is 24.3 Å². The van der Waals surface area contributed by atoms with Crippen LogP contribution < -0.4 is 5.32 Å². The molecular formula is C27H29F2N3O. The highest BCUT2D eigenvalue weighted by atomic mass is 19.1. The van der Waals surface area contributed by atoms with Crippen LogP contribution in [-0.2, 0) is 4.79 Å². The third-order valence-electron chi connectivity index (χ3n) is 7.20. The lowest BCUT2D eigenvalue weighted by Gasteiger charge is -2.40. The van der Waals surface area contributed by atoms with Gasteiger partial charge in [0, 0.05) is 24.8 Å². The van der Waals surface area contributed by atoms with Gasteiger partial charge in [0.15, 0.2) is 0 Å². The summed E-state index contributed by atoms with van der Waals surface area (Å²) in [5.74, 6) is -0.536. The van der Waals surface area contributed by atoms with E-state index in [-0.39, 0.29) is 34.9 Å². The van der Waals surface area contributed by atoms with Crippen molar-refractivity contribution in [3.63, 3.8) is 0 Å². The standard InChI is InChI=1S/C27H29F2N3O/c1-17(33)31-25(18-3-7-22(28)8-4-18)13-20-5-6-21-14-26(19(16-30)15-27(20,21)2)32-24-11-9-23(29)10-12-24/h3-4,7-12,14,16,19-20,25,30H,5-6,13,15H2,1-2H3,(H,31,33). The molecule has 2 aromatic carbocycles. The molecule has 172 valence electrons. The summed E-state index contributed by atoms with van der Waals surface area (Å²) in [6.07, 6.45) is 6.99. The number of nitrogens with one attached hydrogen (secondary N) is 2. The van der Waals surface area contributed by atoms with E-state index >= 15 is 0 Å². The van der Waals surface area contributed by atoms with Crippen molar-refractivity contribution in [2.75, 3.05) is 0 Å². The normalized spacial score (nSPS) is 26.4. The summed E-state index contributed by atoms with van der Waals surface area (Å²) in [5.41, 5.74) is 3.61. The first kappa shape index (κ1) is 23.0. The first-order valence-corrected chi connectivity index (χ1v) is 11.4. The Hall–Kier alpha value is -3.15. The van der Waals surface area contributed by atoms with Crippen molar-refractivity contribution >= 4 is 23.5 Å². The Kier molecular flexibility index (Phi) is 6.54. The number of amides is 1. The summed E-state index contributed by atoms with van der Waals surface area (Å²) < 4.78 is 26.7. The zero-order valence-electron chi connectivity index (χ0n) is 18.9. The molecule has 2 aliphatic rings. The summed E-state index contributed by atoms with van der Waals surface area (Å²) in [6, 6.07) is 12.2. The third kappa shape index (κ3) is 4.95. The van der Waals surface area contributed by atoms with Gasteiger partial charge in [-0.1, -0.05) is 24.6 Å². The smallest absolute Gasteiger partial charge is 0.217 e. The van der Waals surface area contributed by atoms with Gasteiger partial charge in [0.2, 0.25) is 5.91 Å². The Bertz CT molecular complexity index is 1090. The van der Waals surface area contributed by atoms with Crippen molar-refractivity contribution in [2.24, 2.45) is 22.2 Å². The lowest BCUT2D eigenvalue weighted by molar-refractivity contribution is -0.119. The summed E-state index contributed by atoms with van der Waals surface area (Å²) in [7, 11) is 0. The maximum absolute atomic E-state index is 13.4. The molecule has 0 radical (unpaired) electrons. The number of hydrogen-bond acceptors (Lipinski definition) is 3. The maximum atomic E-state index is 13.4. The van der Waals surface area contributed by atoms with Gasteiger partial charge in [0.25, 0.3) is 0 Å². The van der Waals surface area contributed by atoms with Crippen molar-refractivity contribution in [3.05, 3.63) is 77.4 Å². The second-order valence-electron chi connectivity index (χ2n) is 9.35. The Balaban J connectivity index is 1.61. The van der Waals surface area contributed by atoms with Gasteiger partial charge >= 0.3 is 0 Å². The predicted molar refractivity (Wildman–Crippen MR) is 127 cm³/mol. The van der Waals surface area contributed by atoms with Crippen molar-refractivity contribution in [1.29, 1.82) is 5.41 Å². The molecule has 33 heavy (non-hydrogen) atoms. The minimum atomic E-state index is -0.300. The molecular weight excluding hydrogens is 420 g/mol. The van der Waals surface area contributed by atoms with Crippen molar-refractivity contribution in [2.45, 2.75) is 45.6 Å². The molecule has 2 N–H and O–H groups in total. The Morgan fingerprint density at radius 3 is 2.42 bits per heavy atom. The number of halogens is 2. The van der Waals surface area contributed by atoms with E-state index in [1.165, 1.54) is 43.0 Å². The lowest BCUT2D eigenvalue weighted by Crippen LogP contribution is -2.36. The van der Waals surface area contributed by atoms with Crippen LogP contribution in [0.15, 0.2) is 65.2 Å². The van der Waals surface area contributed by atoms with E-state index in [9.17, 15) is 13.6 Å². The van der Waals surface area contributed by atoms with Gasteiger partial charge in [-0.25, -0.2) is 8.78 Å². The molecule has 0 aliphatic heterocycles. The molecule has 0 spiro atoms. The largest absolute Gasteiger partial charge is 0.350 e. The molecule has 0 bridgehead atoms. The maximum Gasteiger partial charge on any atom is 0.217 e. The van der Waals surface area contributed by atoms with E-state index in [4.69, 9.17) is 10.4 Å². The van der Waals surface area contributed by atoms with Gasteiger partial charge < -0.3 is 10.7 Å².